The van der Waals surface area contributed by atoms with E-state index in [1.165, 1.54) is 11.8 Å². The molecule has 0 aliphatic carbocycles. The third kappa shape index (κ3) is 4.09. The van der Waals surface area contributed by atoms with Crippen molar-refractivity contribution in [2.75, 3.05) is 19.1 Å². The molecule has 1 heterocycles. The van der Waals surface area contributed by atoms with E-state index in [4.69, 9.17) is 14.5 Å². The molecule has 0 bridgehead atoms. The molecule has 0 unspecified atom stereocenters. The normalized spacial score (nSPS) is 16.3. The largest absolute Gasteiger partial charge is 0.497 e. The zero-order valence-electron chi connectivity index (χ0n) is 16.6. The van der Waals surface area contributed by atoms with E-state index in [1.54, 1.807) is 25.2 Å². The van der Waals surface area contributed by atoms with Gasteiger partial charge in [-0.1, -0.05) is 36.4 Å². The van der Waals surface area contributed by atoms with E-state index in [0.717, 1.165) is 16.9 Å². The number of anilines is 1. The predicted octanol–water partition coefficient (Wildman–Crippen LogP) is 5.51. The fourth-order valence-electron chi connectivity index (χ4n) is 3.05. The van der Waals surface area contributed by atoms with Gasteiger partial charge in [-0.2, -0.15) is 0 Å². The van der Waals surface area contributed by atoms with Crippen molar-refractivity contribution in [2.45, 2.75) is 0 Å². The number of carbonyl (C=O) groups is 1. The maximum Gasteiger partial charge on any atom is 0.271 e. The quantitative estimate of drug-likeness (QED) is 0.515. The SMILES string of the molecule is COc1ccc(/C=C2\SC(=Nc3ccccc3)N(c3ccccc3)C2=O)c(OC)c1. The zero-order valence-corrected chi connectivity index (χ0v) is 17.4. The minimum atomic E-state index is -0.126. The minimum Gasteiger partial charge on any atom is -0.497 e. The Kier molecular flexibility index (Phi) is 5.86. The summed E-state index contributed by atoms with van der Waals surface area (Å²) in [6.07, 6.45) is 1.83. The summed E-state index contributed by atoms with van der Waals surface area (Å²) in [5.74, 6) is 1.20. The van der Waals surface area contributed by atoms with Crippen LogP contribution < -0.4 is 14.4 Å². The molecule has 3 aromatic carbocycles. The highest BCUT2D eigenvalue weighted by atomic mass is 32.2. The van der Waals surface area contributed by atoms with Gasteiger partial charge < -0.3 is 9.47 Å². The first-order valence-corrected chi connectivity index (χ1v) is 10.2. The van der Waals surface area contributed by atoms with E-state index in [9.17, 15) is 4.79 Å². The lowest BCUT2D eigenvalue weighted by molar-refractivity contribution is -0.113. The lowest BCUT2D eigenvalue weighted by atomic mass is 10.1. The average molecular weight is 417 g/mol. The van der Waals surface area contributed by atoms with E-state index in [-0.39, 0.29) is 5.91 Å². The van der Waals surface area contributed by atoms with Crippen LogP contribution in [0.3, 0.4) is 0 Å². The number of amides is 1. The number of ether oxygens (including phenoxy) is 2. The van der Waals surface area contributed by atoms with Crippen LogP contribution in [-0.4, -0.2) is 25.3 Å². The Morgan fingerprint density at radius 1 is 0.900 bits per heavy atom. The fourth-order valence-corrected chi connectivity index (χ4v) is 4.04. The number of aliphatic imine (C=N–C) groups is 1. The molecule has 1 aliphatic rings. The molecule has 3 aromatic rings. The third-order valence-electron chi connectivity index (χ3n) is 4.53. The van der Waals surface area contributed by atoms with Crippen LogP contribution in [0.1, 0.15) is 5.56 Å². The molecule has 0 saturated carbocycles. The van der Waals surface area contributed by atoms with Gasteiger partial charge in [0, 0.05) is 11.6 Å². The van der Waals surface area contributed by atoms with Crippen LogP contribution in [0.15, 0.2) is 88.8 Å². The van der Waals surface area contributed by atoms with Crippen molar-refractivity contribution in [2.24, 2.45) is 4.99 Å². The van der Waals surface area contributed by atoms with E-state index in [1.807, 2.05) is 78.9 Å². The molecule has 4 rings (SSSR count). The van der Waals surface area contributed by atoms with Crippen molar-refractivity contribution >= 4 is 40.3 Å². The topological polar surface area (TPSA) is 51.1 Å². The number of nitrogens with zero attached hydrogens (tertiary/aromatic N) is 2. The molecule has 0 spiro atoms. The van der Waals surface area contributed by atoms with Gasteiger partial charge in [-0.25, -0.2) is 4.99 Å². The van der Waals surface area contributed by atoms with Crippen molar-refractivity contribution < 1.29 is 14.3 Å². The molecule has 150 valence electrons. The van der Waals surface area contributed by atoms with Crippen LogP contribution in [-0.2, 0) is 4.79 Å². The van der Waals surface area contributed by atoms with Gasteiger partial charge in [0.2, 0.25) is 0 Å². The highest BCUT2D eigenvalue weighted by Crippen LogP contribution is 2.38. The summed E-state index contributed by atoms with van der Waals surface area (Å²) in [5, 5.41) is 0.608. The van der Waals surface area contributed by atoms with Gasteiger partial charge in [0.05, 0.1) is 30.5 Å². The van der Waals surface area contributed by atoms with Crippen LogP contribution in [0.4, 0.5) is 11.4 Å². The van der Waals surface area contributed by atoms with Crippen molar-refractivity contribution in [1.29, 1.82) is 0 Å². The fraction of sp³-hybridized carbons (Fsp3) is 0.0833. The monoisotopic (exact) mass is 416 g/mol. The highest BCUT2D eigenvalue weighted by molar-refractivity contribution is 8.19. The van der Waals surface area contributed by atoms with Gasteiger partial charge in [0.25, 0.3) is 5.91 Å². The first-order chi connectivity index (χ1) is 14.7. The molecule has 0 atom stereocenters. The Morgan fingerprint density at radius 2 is 1.60 bits per heavy atom. The summed E-state index contributed by atoms with van der Waals surface area (Å²) in [6.45, 7) is 0. The van der Waals surface area contributed by atoms with Crippen LogP contribution in [0.25, 0.3) is 6.08 Å². The maximum absolute atomic E-state index is 13.3. The summed E-state index contributed by atoms with van der Waals surface area (Å²) in [4.78, 5) is 20.2. The van der Waals surface area contributed by atoms with Crippen molar-refractivity contribution in [3.8, 4) is 11.5 Å². The highest BCUT2D eigenvalue weighted by Gasteiger charge is 2.34. The third-order valence-corrected chi connectivity index (χ3v) is 5.50. The molecule has 30 heavy (non-hydrogen) atoms. The summed E-state index contributed by atoms with van der Waals surface area (Å²) in [5.41, 5.74) is 2.36. The molecular formula is C24H20N2O3S. The van der Waals surface area contributed by atoms with E-state index >= 15 is 0 Å². The number of hydrogen-bond donors (Lipinski definition) is 0. The lowest BCUT2D eigenvalue weighted by Crippen LogP contribution is -2.28. The van der Waals surface area contributed by atoms with Crippen molar-refractivity contribution in [1.82, 2.24) is 0 Å². The predicted molar refractivity (Wildman–Crippen MR) is 123 cm³/mol. The molecule has 1 amide bonds. The number of amidine groups is 1. The molecule has 1 fully saturated rings. The molecule has 0 radical (unpaired) electrons. The van der Waals surface area contributed by atoms with E-state index < -0.39 is 0 Å². The number of hydrogen-bond acceptors (Lipinski definition) is 5. The van der Waals surface area contributed by atoms with Crippen LogP contribution >= 0.6 is 11.8 Å². The first-order valence-electron chi connectivity index (χ1n) is 9.34. The first kappa shape index (κ1) is 19.8. The second kappa shape index (κ2) is 8.88. The summed E-state index contributed by atoms with van der Waals surface area (Å²) >= 11 is 1.34. The second-order valence-electron chi connectivity index (χ2n) is 6.42. The molecule has 0 aromatic heterocycles. The van der Waals surface area contributed by atoms with Gasteiger partial charge >= 0.3 is 0 Å². The number of carbonyl (C=O) groups excluding carboxylic acids is 1. The number of para-hydroxylation sites is 2. The molecule has 1 aliphatic heterocycles. The number of methoxy groups -OCH3 is 2. The Bertz CT molecular complexity index is 1110. The number of thioether (sulfide) groups is 1. The van der Waals surface area contributed by atoms with Crippen LogP contribution in [0.5, 0.6) is 11.5 Å². The molecule has 1 saturated heterocycles. The Hall–Kier alpha value is -3.51. The van der Waals surface area contributed by atoms with Gasteiger partial charge in [-0.15, -0.1) is 0 Å². The van der Waals surface area contributed by atoms with Crippen LogP contribution in [0, 0.1) is 0 Å². The maximum atomic E-state index is 13.3. The summed E-state index contributed by atoms with van der Waals surface area (Å²) < 4.78 is 10.7. The van der Waals surface area contributed by atoms with Crippen LogP contribution in [0.2, 0.25) is 0 Å². The average Bonchev–Trinajstić information content (AvgIpc) is 3.09. The standard InChI is InChI=1S/C24H20N2O3S/c1-28-20-14-13-17(21(16-20)29-2)15-22-23(27)26(19-11-7-4-8-12-19)24(30-22)25-18-9-5-3-6-10-18/h3-16H,1-2H3/b22-15-,25-24?. The summed E-state index contributed by atoms with van der Waals surface area (Å²) in [7, 11) is 3.20. The smallest absolute Gasteiger partial charge is 0.271 e. The van der Waals surface area contributed by atoms with Gasteiger partial charge in [-0.3, -0.25) is 9.69 Å². The number of benzene rings is 3. The zero-order chi connectivity index (χ0) is 20.9. The Labute approximate surface area is 179 Å². The van der Waals surface area contributed by atoms with E-state index in [2.05, 4.69) is 0 Å². The second-order valence-corrected chi connectivity index (χ2v) is 7.43. The molecular weight excluding hydrogens is 396 g/mol. The Balaban J connectivity index is 1.77. The van der Waals surface area contributed by atoms with Gasteiger partial charge in [0.15, 0.2) is 5.17 Å². The molecule has 6 heteroatoms. The molecule has 5 nitrogen and oxygen atoms in total. The van der Waals surface area contributed by atoms with Crippen molar-refractivity contribution in [3.05, 3.63) is 89.3 Å². The number of rotatable bonds is 5. The minimum absolute atomic E-state index is 0.126. The lowest BCUT2D eigenvalue weighted by Gasteiger charge is -2.15. The van der Waals surface area contributed by atoms with Gasteiger partial charge in [-0.05, 0) is 54.2 Å². The molecule has 0 N–H and O–H groups in total. The summed E-state index contributed by atoms with van der Waals surface area (Å²) in [6, 6.07) is 24.6. The van der Waals surface area contributed by atoms with Gasteiger partial charge in [0.1, 0.15) is 11.5 Å². The van der Waals surface area contributed by atoms with E-state index in [0.29, 0.717) is 21.6 Å². The van der Waals surface area contributed by atoms with Crippen molar-refractivity contribution in [3.63, 3.8) is 0 Å². The Morgan fingerprint density at radius 3 is 2.27 bits per heavy atom.